The van der Waals surface area contributed by atoms with Crippen LogP contribution in [0.15, 0.2) is 28.7 Å². The Morgan fingerprint density at radius 3 is 2.83 bits per heavy atom. The number of hydrogen-bond acceptors (Lipinski definition) is 1. The topological polar surface area (TPSA) is 20.2 Å². The minimum absolute atomic E-state index is 0.285. The third-order valence-corrected chi connectivity index (χ3v) is 2.46. The van der Waals surface area contributed by atoms with Gasteiger partial charge in [0.25, 0.3) is 0 Å². The van der Waals surface area contributed by atoms with Gasteiger partial charge >= 0.3 is 0 Å². The molecule has 0 bridgehead atoms. The summed E-state index contributed by atoms with van der Waals surface area (Å²) >= 11 is 6.67. The van der Waals surface area contributed by atoms with Gasteiger partial charge in [-0.1, -0.05) is 44.0 Å². The van der Waals surface area contributed by atoms with E-state index in [1.165, 1.54) is 0 Å². The molecule has 0 aromatic heterocycles. The van der Waals surface area contributed by atoms with E-state index in [0.717, 1.165) is 15.4 Å². The summed E-state index contributed by atoms with van der Waals surface area (Å²) in [6, 6.07) is 5.18. The van der Waals surface area contributed by atoms with E-state index in [4.69, 9.17) is 0 Å². The van der Waals surface area contributed by atoms with E-state index >= 15 is 0 Å². The highest BCUT2D eigenvalue weighted by Crippen LogP contribution is 2.22. The van der Waals surface area contributed by atoms with Crippen LogP contribution in [0.1, 0.15) is 5.56 Å². The van der Waals surface area contributed by atoms with Crippen LogP contribution in [0.2, 0.25) is 0 Å². The molecule has 3 heteroatoms. The van der Waals surface area contributed by atoms with Crippen molar-refractivity contribution in [3.05, 3.63) is 34.3 Å². The summed E-state index contributed by atoms with van der Waals surface area (Å²) in [5.41, 5.74) is 0.981. The number of phenols is 1. The number of aromatic hydroxyl groups is 1. The van der Waals surface area contributed by atoms with Gasteiger partial charge in [-0.3, -0.25) is 0 Å². The summed E-state index contributed by atoms with van der Waals surface area (Å²) in [4.78, 5) is 0. The first kappa shape index (κ1) is 9.81. The Morgan fingerprint density at radius 1 is 1.42 bits per heavy atom. The maximum Gasteiger partial charge on any atom is 0.116 e. The van der Waals surface area contributed by atoms with Crippen LogP contribution in [-0.2, 0) is 0 Å². The smallest absolute Gasteiger partial charge is 0.116 e. The number of benzene rings is 1. The number of hydrogen-bond donors (Lipinski definition) is 1. The van der Waals surface area contributed by atoms with E-state index in [9.17, 15) is 5.11 Å². The van der Waals surface area contributed by atoms with Gasteiger partial charge in [-0.2, -0.15) is 0 Å². The molecule has 0 saturated heterocycles. The van der Waals surface area contributed by atoms with Gasteiger partial charge in [0.2, 0.25) is 0 Å². The molecule has 0 amide bonds. The second-order valence-electron chi connectivity index (χ2n) is 2.26. The largest absolute Gasteiger partial charge is 0.508 e. The van der Waals surface area contributed by atoms with Gasteiger partial charge in [0.1, 0.15) is 5.75 Å². The predicted molar refractivity (Wildman–Crippen MR) is 58.6 cm³/mol. The highest BCUT2D eigenvalue weighted by molar-refractivity contribution is 9.10. The fraction of sp³-hybridized carbons (Fsp3) is 0.111. The minimum Gasteiger partial charge on any atom is -0.508 e. The number of rotatable bonds is 2. The summed E-state index contributed by atoms with van der Waals surface area (Å²) in [5.74, 6) is 0.285. The van der Waals surface area contributed by atoms with Crippen molar-refractivity contribution in [2.24, 2.45) is 0 Å². The lowest BCUT2D eigenvalue weighted by molar-refractivity contribution is 0.475. The molecule has 1 nitrogen and oxygen atoms in total. The van der Waals surface area contributed by atoms with Crippen LogP contribution in [0.5, 0.6) is 5.75 Å². The fourth-order valence-corrected chi connectivity index (χ4v) is 1.40. The Hall–Kier alpha value is -0.280. The zero-order valence-electron chi connectivity index (χ0n) is 6.30. The molecule has 0 spiro atoms. The van der Waals surface area contributed by atoms with Gasteiger partial charge in [-0.05, 0) is 23.8 Å². The third-order valence-electron chi connectivity index (χ3n) is 1.37. The zero-order valence-corrected chi connectivity index (χ0v) is 9.47. The summed E-state index contributed by atoms with van der Waals surface area (Å²) in [6.45, 7) is 0. The van der Waals surface area contributed by atoms with Gasteiger partial charge in [0.05, 0.1) is 0 Å². The zero-order chi connectivity index (χ0) is 8.97. The lowest BCUT2D eigenvalue weighted by atomic mass is 10.2. The molecule has 64 valence electrons. The molecule has 0 radical (unpaired) electrons. The van der Waals surface area contributed by atoms with Gasteiger partial charge in [0, 0.05) is 9.80 Å². The van der Waals surface area contributed by atoms with E-state index in [2.05, 4.69) is 31.9 Å². The van der Waals surface area contributed by atoms with Crippen LogP contribution >= 0.6 is 31.9 Å². The molecule has 1 rings (SSSR count). The van der Waals surface area contributed by atoms with E-state index in [-0.39, 0.29) is 5.75 Å². The van der Waals surface area contributed by atoms with E-state index in [1.54, 1.807) is 12.1 Å². The highest BCUT2D eigenvalue weighted by Gasteiger charge is 1.95. The van der Waals surface area contributed by atoms with E-state index in [1.807, 2.05) is 18.2 Å². The predicted octanol–water partition coefficient (Wildman–Crippen LogP) is 3.56. The second kappa shape index (κ2) is 4.67. The Morgan fingerprint density at radius 2 is 2.17 bits per heavy atom. The summed E-state index contributed by atoms with van der Waals surface area (Å²) < 4.78 is 0.984. The standard InChI is InChI=1S/C9H8Br2O/c10-5-1-2-7-6-8(12)3-4-9(7)11/h1-4,6,12H,5H2. The molecule has 0 aliphatic rings. The lowest BCUT2D eigenvalue weighted by Crippen LogP contribution is -1.75. The van der Waals surface area contributed by atoms with Crippen molar-refractivity contribution in [3.8, 4) is 5.75 Å². The minimum atomic E-state index is 0.285. The van der Waals surface area contributed by atoms with Crippen molar-refractivity contribution in [1.29, 1.82) is 0 Å². The van der Waals surface area contributed by atoms with E-state index in [0.29, 0.717) is 0 Å². The van der Waals surface area contributed by atoms with Crippen molar-refractivity contribution in [2.45, 2.75) is 0 Å². The van der Waals surface area contributed by atoms with Gasteiger partial charge < -0.3 is 5.11 Å². The average Bonchev–Trinajstić information content (AvgIpc) is 2.07. The van der Waals surface area contributed by atoms with Crippen LogP contribution < -0.4 is 0 Å². The van der Waals surface area contributed by atoms with E-state index < -0.39 is 0 Å². The summed E-state index contributed by atoms with van der Waals surface area (Å²) in [6.07, 6.45) is 3.91. The number of phenolic OH excluding ortho intramolecular Hbond substituents is 1. The van der Waals surface area contributed by atoms with Crippen LogP contribution in [0.4, 0.5) is 0 Å². The molecule has 0 aliphatic heterocycles. The lowest BCUT2D eigenvalue weighted by Gasteiger charge is -1.98. The molecular weight excluding hydrogens is 284 g/mol. The van der Waals surface area contributed by atoms with Gasteiger partial charge in [-0.15, -0.1) is 0 Å². The molecule has 0 unspecified atom stereocenters. The monoisotopic (exact) mass is 290 g/mol. The molecule has 1 aromatic rings. The normalized spacial score (nSPS) is 10.8. The SMILES string of the molecule is Oc1ccc(Br)c(C=CCBr)c1. The molecular formula is C9H8Br2O. The van der Waals surface area contributed by atoms with Gasteiger partial charge in [-0.25, -0.2) is 0 Å². The second-order valence-corrected chi connectivity index (χ2v) is 3.76. The van der Waals surface area contributed by atoms with Crippen molar-refractivity contribution >= 4 is 37.9 Å². The Kier molecular flexibility index (Phi) is 3.82. The van der Waals surface area contributed by atoms with Crippen molar-refractivity contribution < 1.29 is 5.11 Å². The first-order chi connectivity index (χ1) is 5.74. The quantitative estimate of drug-likeness (QED) is 0.826. The molecule has 0 atom stereocenters. The van der Waals surface area contributed by atoms with Crippen LogP contribution in [0, 0.1) is 0 Å². The average molecular weight is 292 g/mol. The Balaban J connectivity index is 2.97. The van der Waals surface area contributed by atoms with Crippen LogP contribution in [0.3, 0.4) is 0 Å². The van der Waals surface area contributed by atoms with Crippen molar-refractivity contribution in [2.75, 3.05) is 5.33 Å². The number of allylic oxidation sites excluding steroid dienone is 1. The molecule has 0 saturated carbocycles. The molecule has 12 heavy (non-hydrogen) atoms. The number of alkyl halides is 1. The third kappa shape index (κ3) is 2.64. The molecule has 0 heterocycles. The van der Waals surface area contributed by atoms with Crippen LogP contribution in [-0.4, -0.2) is 10.4 Å². The highest BCUT2D eigenvalue weighted by atomic mass is 79.9. The van der Waals surface area contributed by atoms with Crippen LogP contribution in [0.25, 0.3) is 6.08 Å². The number of halogens is 2. The molecule has 1 aromatic carbocycles. The van der Waals surface area contributed by atoms with Gasteiger partial charge in [0.15, 0.2) is 0 Å². The first-order valence-corrected chi connectivity index (χ1v) is 5.36. The fourth-order valence-electron chi connectivity index (χ4n) is 0.830. The summed E-state index contributed by atoms with van der Waals surface area (Å²) in [7, 11) is 0. The molecule has 0 aliphatic carbocycles. The Labute approximate surface area is 88.4 Å². The maximum atomic E-state index is 9.17. The molecule has 1 N–H and O–H groups in total. The Bertz CT molecular complexity index is 295. The van der Waals surface area contributed by atoms with Crippen molar-refractivity contribution in [1.82, 2.24) is 0 Å². The maximum absolute atomic E-state index is 9.17. The molecule has 0 fully saturated rings. The summed E-state index contributed by atoms with van der Waals surface area (Å²) in [5, 5.41) is 9.98. The first-order valence-electron chi connectivity index (χ1n) is 3.45. The van der Waals surface area contributed by atoms with Crippen molar-refractivity contribution in [3.63, 3.8) is 0 Å².